The van der Waals surface area contributed by atoms with Gasteiger partial charge in [0, 0.05) is 44.8 Å². The van der Waals surface area contributed by atoms with Crippen molar-refractivity contribution in [3.63, 3.8) is 0 Å². The van der Waals surface area contributed by atoms with Gasteiger partial charge < -0.3 is 15.1 Å². The van der Waals surface area contributed by atoms with E-state index in [1.165, 1.54) is 10.4 Å². The van der Waals surface area contributed by atoms with Gasteiger partial charge in [-0.05, 0) is 42.9 Å². The van der Waals surface area contributed by atoms with Crippen LogP contribution in [0.3, 0.4) is 0 Å². The summed E-state index contributed by atoms with van der Waals surface area (Å²) in [4.78, 5) is 17.7. The highest BCUT2D eigenvalue weighted by Crippen LogP contribution is 2.31. The lowest BCUT2D eigenvalue weighted by atomic mass is 10.1. The van der Waals surface area contributed by atoms with Gasteiger partial charge in [-0.15, -0.1) is 0 Å². The monoisotopic (exact) mass is 469 g/mol. The topological polar surface area (TPSA) is 96.8 Å². The molecule has 0 radical (unpaired) electrons. The first kappa shape index (κ1) is 24.7. The number of amides is 1. The summed E-state index contributed by atoms with van der Waals surface area (Å²) >= 11 is 0. The zero-order valence-electron chi connectivity index (χ0n) is 19.4. The van der Waals surface area contributed by atoms with Gasteiger partial charge in [0.25, 0.3) is 5.91 Å². The molecular formula is C24H31N5O3S. The number of nitrogens with one attached hydrogen (secondary N) is 1. The van der Waals surface area contributed by atoms with Gasteiger partial charge in [-0.25, -0.2) is 8.42 Å². The molecule has 33 heavy (non-hydrogen) atoms. The molecule has 1 aliphatic rings. The first-order valence-corrected chi connectivity index (χ1v) is 12.7. The van der Waals surface area contributed by atoms with Crippen LogP contribution in [0.1, 0.15) is 36.7 Å². The van der Waals surface area contributed by atoms with Crippen LogP contribution in [0.2, 0.25) is 0 Å². The number of nitriles is 1. The molecule has 0 aliphatic carbocycles. The summed E-state index contributed by atoms with van der Waals surface area (Å²) in [5, 5.41) is 12.1. The van der Waals surface area contributed by atoms with Crippen molar-refractivity contribution in [1.29, 1.82) is 5.26 Å². The maximum atomic E-state index is 13.1. The standard InChI is InChI=1S/C24H31N5O3S/c1-4-27-12-14-28(15-13-27)23-11-10-21(33(31,32)29(5-2)6-3)17-22(23)26-24(30)20-9-7-8-19(16-20)18-25/h7-11,16-17H,4-6,12-15H2,1-3H3,(H,26,30). The third kappa shape index (κ3) is 5.53. The molecule has 2 aromatic carbocycles. The molecule has 0 atom stereocenters. The Morgan fingerprint density at radius 1 is 1.06 bits per heavy atom. The molecule has 0 aromatic heterocycles. The third-order valence-corrected chi connectivity index (χ3v) is 8.02. The van der Waals surface area contributed by atoms with Crippen molar-refractivity contribution < 1.29 is 13.2 Å². The van der Waals surface area contributed by atoms with Crippen molar-refractivity contribution in [1.82, 2.24) is 9.21 Å². The first-order valence-electron chi connectivity index (χ1n) is 11.3. The van der Waals surface area contributed by atoms with Crippen LogP contribution in [-0.2, 0) is 10.0 Å². The highest BCUT2D eigenvalue weighted by molar-refractivity contribution is 7.89. The number of carbonyl (C=O) groups excluding carboxylic acids is 1. The van der Waals surface area contributed by atoms with Gasteiger partial charge in [-0.3, -0.25) is 4.79 Å². The number of hydrogen-bond acceptors (Lipinski definition) is 6. The Hall–Kier alpha value is -2.93. The molecule has 176 valence electrons. The summed E-state index contributed by atoms with van der Waals surface area (Å²) in [6, 6.07) is 13.4. The molecular weight excluding hydrogens is 438 g/mol. The Kier molecular flexibility index (Phi) is 8.08. The summed E-state index contributed by atoms with van der Waals surface area (Å²) in [6.07, 6.45) is 0. The zero-order chi connectivity index (χ0) is 24.0. The van der Waals surface area contributed by atoms with Crippen LogP contribution >= 0.6 is 0 Å². The Labute approximate surface area is 196 Å². The average Bonchev–Trinajstić information content (AvgIpc) is 2.84. The molecule has 0 bridgehead atoms. The number of piperazine rings is 1. The number of likely N-dealkylation sites (N-methyl/N-ethyl adjacent to an activating group) is 1. The Morgan fingerprint density at radius 2 is 1.76 bits per heavy atom. The Balaban J connectivity index is 1.99. The van der Waals surface area contributed by atoms with Gasteiger partial charge in [0.1, 0.15) is 0 Å². The molecule has 9 heteroatoms. The van der Waals surface area contributed by atoms with E-state index in [2.05, 4.69) is 22.0 Å². The normalized spacial score (nSPS) is 14.8. The fourth-order valence-corrected chi connectivity index (χ4v) is 5.48. The number of hydrogen-bond donors (Lipinski definition) is 1. The van der Waals surface area contributed by atoms with Gasteiger partial charge >= 0.3 is 0 Å². The van der Waals surface area contributed by atoms with Crippen LogP contribution in [0, 0.1) is 11.3 Å². The Bertz CT molecular complexity index is 1130. The van der Waals surface area contributed by atoms with E-state index in [1.807, 2.05) is 6.07 Å². The third-order valence-electron chi connectivity index (χ3n) is 5.97. The zero-order valence-corrected chi connectivity index (χ0v) is 20.2. The molecule has 1 amide bonds. The molecule has 1 heterocycles. The van der Waals surface area contributed by atoms with Crippen molar-refractivity contribution in [2.75, 3.05) is 56.0 Å². The van der Waals surface area contributed by atoms with Crippen molar-refractivity contribution in [2.45, 2.75) is 25.7 Å². The number of carbonyl (C=O) groups is 1. The van der Waals surface area contributed by atoms with E-state index < -0.39 is 15.9 Å². The van der Waals surface area contributed by atoms with Crippen molar-refractivity contribution in [2.24, 2.45) is 0 Å². The quantitative estimate of drug-likeness (QED) is 0.638. The van der Waals surface area contributed by atoms with Gasteiger partial charge in [0.15, 0.2) is 0 Å². The maximum absolute atomic E-state index is 13.1. The molecule has 0 saturated carbocycles. The van der Waals surface area contributed by atoms with E-state index in [4.69, 9.17) is 5.26 Å². The highest BCUT2D eigenvalue weighted by atomic mass is 32.2. The van der Waals surface area contributed by atoms with Crippen molar-refractivity contribution >= 4 is 27.3 Å². The molecule has 8 nitrogen and oxygen atoms in total. The SMILES string of the molecule is CCN1CCN(c2ccc(S(=O)(=O)N(CC)CC)cc2NC(=O)c2cccc(C#N)c2)CC1. The number of nitrogens with zero attached hydrogens (tertiary/aromatic N) is 4. The second-order valence-corrected chi connectivity index (χ2v) is 9.77. The smallest absolute Gasteiger partial charge is 0.255 e. The lowest BCUT2D eigenvalue weighted by Crippen LogP contribution is -2.46. The maximum Gasteiger partial charge on any atom is 0.255 e. The summed E-state index contributed by atoms with van der Waals surface area (Å²) in [5.74, 6) is -0.391. The number of rotatable bonds is 8. The fourth-order valence-electron chi connectivity index (χ4n) is 3.99. The van der Waals surface area contributed by atoms with Gasteiger partial charge in [-0.2, -0.15) is 9.57 Å². The van der Waals surface area contributed by atoms with Crippen LogP contribution in [0.5, 0.6) is 0 Å². The van der Waals surface area contributed by atoms with Gasteiger partial charge in [0.2, 0.25) is 10.0 Å². The summed E-state index contributed by atoms with van der Waals surface area (Å²) in [6.45, 7) is 10.8. The summed E-state index contributed by atoms with van der Waals surface area (Å²) in [7, 11) is -3.68. The van der Waals surface area contributed by atoms with E-state index >= 15 is 0 Å². The van der Waals surface area contributed by atoms with Crippen LogP contribution in [-0.4, -0.2) is 69.3 Å². The second-order valence-electron chi connectivity index (χ2n) is 7.84. The molecule has 2 aromatic rings. The van der Waals surface area contributed by atoms with E-state index in [9.17, 15) is 13.2 Å². The van der Waals surface area contributed by atoms with Crippen LogP contribution in [0.15, 0.2) is 47.4 Å². The minimum atomic E-state index is -3.68. The van der Waals surface area contributed by atoms with Crippen molar-refractivity contribution in [3.8, 4) is 6.07 Å². The summed E-state index contributed by atoms with van der Waals surface area (Å²) < 4.78 is 27.6. The molecule has 1 aliphatic heterocycles. The molecule has 3 rings (SSSR count). The van der Waals surface area contributed by atoms with E-state index in [-0.39, 0.29) is 4.90 Å². The lowest BCUT2D eigenvalue weighted by Gasteiger charge is -2.36. The van der Waals surface area contributed by atoms with Crippen LogP contribution in [0.4, 0.5) is 11.4 Å². The van der Waals surface area contributed by atoms with Crippen molar-refractivity contribution in [3.05, 3.63) is 53.6 Å². The largest absolute Gasteiger partial charge is 0.367 e. The average molecular weight is 470 g/mol. The number of benzene rings is 2. The molecule has 1 fully saturated rings. The van der Waals surface area contributed by atoms with E-state index in [0.29, 0.717) is 29.9 Å². The van der Waals surface area contributed by atoms with Gasteiger partial charge in [-0.1, -0.05) is 26.8 Å². The molecule has 1 saturated heterocycles. The van der Waals surface area contributed by atoms with Crippen LogP contribution < -0.4 is 10.2 Å². The highest BCUT2D eigenvalue weighted by Gasteiger charge is 2.25. The first-order chi connectivity index (χ1) is 15.8. The minimum Gasteiger partial charge on any atom is -0.367 e. The predicted octanol–water partition coefficient (Wildman–Crippen LogP) is 2.98. The molecule has 0 spiro atoms. The molecule has 0 unspecified atom stereocenters. The number of anilines is 2. The van der Waals surface area contributed by atoms with Gasteiger partial charge in [0.05, 0.1) is 27.9 Å². The van der Waals surface area contributed by atoms with Crippen LogP contribution in [0.25, 0.3) is 0 Å². The lowest BCUT2D eigenvalue weighted by molar-refractivity contribution is 0.102. The Morgan fingerprint density at radius 3 is 2.36 bits per heavy atom. The second kappa shape index (κ2) is 10.8. The van der Waals surface area contributed by atoms with E-state index in [1.54, 1.807) is 50.2 Å². The summed E-state index contributed by atoms with van der Waals surface area (Å²) in [5.41, 5.74) is 1.96. The van der Waals surface area contributed by atoms with E-state index in [0.717, 1.165) is 38.4 Å². The molecule has 1 N–H and O–H groups in total. The number of sulfonamides is 1. The minimum absolute atomic E-state index is 0.142. The fraction of sp³-hybridized carbons (Fsp3) is 0.417. The predicted molar refractivity (Wildman–Crippen MR) is 130 cm³/mol.